The topological polar surface area (TPSA) is 69.6 Å². The molecular formula is C13H13N5S. The molecule has 0 aliphatic carbocycles. The number of fused-ring (bicyclic) bond motifs is 1. The smallest absolute Gasteiger partial charge is 0.222 e. The molecule has 2 N–H and O–H groups in total. The van der Waals surface area contributed by atoms with Gasteiger partial charge in [0.05, 0.1) is 11.2 Å². The van der Waals surface area contributed by atoms with Gasteiger partial charge in [-0.05, 0) is 12.1 Å². The van der Waals surface area contributed by atoms with Crippen molar-refractivity contribution < 1.29 is 0 Å². The predicted octanol–water partition coefficient (Wildman–Crippen LogP) is 2.24. The maximum Gasteiger partial charge on any atom is 0.222 e. The molecule has 0 unspecified atom stereocenters. The summed E-state index contributed by atoms with van der Waals surface area (Å²) in [7, 11) is 1.85. The molecule has 0 atom stereocenters. The zero-order chi connectivity index (χ0) is 13.2. The average molecular weight is 271 g/mol. The Kier molecular flexibility index (Phi) is 3.08. The van der Waals surface area contributed by atoms with E-state index in [9.17, 15) is 0 Å². The quantitative estimate of drug-likeness (QED) is 0.740. The van der Waals surface area contributed by atoms with Crippen molar-refractivity contribution in [3.05, 3.63) is 42.1 Å². The summed E-state index contributed by atoms with van der Waals surface area (Å²) < 4.78 is 1.77. The lowest BCUT2D eigenvalue weighted by atomic mass is 10.2. The van der Waals surface area contributed by atoms with Crippen LogP contribution in [0.4, 0.5) is 5.95 Å². The number of nitrogen functional groups attached to an aromatic ring is 1. The Morgan fingerprint density at radius 1 is 1.16 bits per heavy atom. The Morgan fingerprint density at radius 2 is 2.00 bits per heavy atom. The van der Waals surface area contributed by atoms with Crippen molar-refractivity contribution in [2.75, 3.05) is 5.73 Å². The van der Waals surface area contributed by atoms with E-state index in [0.29, 0.717) is 5.95 Å². The van der Waals surface area contributed by atoms with Gasteiger partial charge < -0.3 is 5.73 Å². The SMILES string of the molecule is Cn1c(N)nnc1SCc1ccc2ccccc2n1. The first-order valence-electron chi connectivity index (χ1n) is 5.86. The van der Waals surface area contributed by atoms with Crippen LogP contribution in [-0.2, 0) is 12.8 Å². The van der Waals surface area contributed by atoms with Gasteiger partial charge in [-0.15, -0.1) is 10.2 Å². The summed E-state index contributed by atoms with van der Waals surface area (Å²) in [5, 5.41) is 9.79. The summed E-state index contributed by atoms with van der Waals surface area (Å²) in [6.07, 6.45) is 0. The number of rotatable bonds is 3. The van der Waals surface area contributed by atoms with Crippen LogP contribution in [0.1, 0.15) is 5.69 Å². The molecule has 0 saturated carbocycles. The second kappa shape index (κ2) is 4.89. The minimum atomic E-state index is 0.425. The number of nitrogens with two attached hydrogens (primary N) is 1. The number of anilines is 1. The summed E-state index contributed by atoms with van der Waals surface area (Å²) in [5.41, 5.74) is 7.68. The van der Waals surface area contributed by atoms with E-state index in [2.05, 4.69) is 27.3 Å². The molecule has 0 bridgehead atoms. The molecule has 96 valence electrons. The van der Waals surface area contributed by atoms with Gasteiger partial charge in [-0.25, -0.2) is 0 Å². The molecule has 19 heavy (non-hydrogen) atoms. The molecule has 3 rings (SSSR count). The summed E-state index contributed by atoms with van der Waals surface area (Å²) >= 11 is 1.58. The van der Waals surface area contributed by atoms with E-state index in [1.165, 1.54) is 0 Å². The monoisotopic (exact) mass is 271 g/mol. The highest BCUT2D eigenvalue weighted by Crippen LogP contribution is 2.22. The minimum absolute atomic E-state index is 0.425. The third-order valence-electron chi connectivity index (χ3n) is 2.87. The second-order valence-corrected chi connectivity index (χ2v) is 5.13. The second-order valence-electron chi connectivity index (χ2n) is 4.18. The lowest BCUT2D eigenvalue weighted by Crippen LogP contribution is -1.98. The summed E-state index contributed by atoms with van der Waals surface area (Å²) in [4.78, 5) is 4.62. The van der Waals surface area contributed by atoms with Crippen molar-refractivity contribution in [1.82, 2.24) is 19.7 Å². The maximum absolute atomic E-state index is 5.64. The predicted molar refractivity (Wildman–Crippen MR) is 76.7 cm³/mol. The van der Waals surface area contributed by atoms with Crippen molar-refractivity contribution >= 4 is 28.6 Å². The summed E-state index contributed by atoms with van der Waals surface area (Å²) in [5.74, 6) is 1.17. The Bertz CT molecular complexity index is 722. The standard InChI is InChI=1S/C13H13N5S/c1-18-12(14)16-17-13(18)19-8-10-7-6-9-4-2-3-5-11(9)15-10/h2-7H,8H2,1H3,(H2,14,16). The van der Waals surface area contributed by atoms with Gasteiger partial charge in [-0.3, -0.25) is 9.55 Å². The summed E-state index contributed by atoms with van der Waals surface area (Å²) in [6, 6.07) is 12.2. The van der Waals surface area contributed by atoms with Gasteiger partial charge in [0.15, 0.2) is 5.16 Å². The van der Waals surface area contributed by atoms with Crippen LogP contribution < -0.4 is 5.73 Å². The van der Waals surface area contributed by atoms with Crippen LogP contribution in [0.25, 0.3) is 10.9 Å². The van der Waals surface area contributed by atoms with Crippen LogP contribution in [0, 0.1) is 0 Å². The number of benzene rings is 1. The average Bonchev–Trinajstić information content (AvgIpc) is 2.76. The van der Waals surface area contributed by atoms with E-state index in [0.717, 1.165) is 27.5 Å². The molecule has 0 fully saturated rings. The molecule has 0 spiro atoms. The molecule has 6 heteroatoms. The fourth-order valence-electron chi connectivity index (χ4n) is 1.78. The number of para-hydroxylation sites is 1. The fraction of sp³-hybridized carbons (Fsp3) is 0.154. The molecule has 0 aliphatic rings. The van der Waals surface area contributed by atoms with Crippen molar-refractivity contribution in [1.29, 1.82) is 0 Å². The largest absolute Gasteiger partial charge is 0.368 e. The fourth-order valence-corrected chi connectivity index (χ4v) is 2.60. The highest BCUT2D eigenvalue weighted by atomic mass is 32.2. The van der Waals surface area contributed by atoms with Crippen LogP contribution in [0.5, 0.6) is 0 Å². The molecule has 0 aliphatic heterocycles. The number of aromatic nitrogens is 4. The molecule has 0 amide bonds. The third-order valence-corrected chi connectivity index (χ3v) is 3.93. The highest BCUT2D eigenvalue weighted by molar-refractivity contribution is 7.98. The number of pyridine rings is 1. The lowest BCUT2D eigenvalue weighted by Gasteiger charge is -2.03. The molecule has 0 saturated heterocycles. The van der Waals surface area contributed by atoms with E-state index in [1.807, 2.05) is 31.3 Å². The van der Waals surface area contributed by atoms with Crippen LogP contribution >= 0.6 is 11.8 Å². The van der Waals surface area contributed by atoms with Gasteiger partial charge in [0.1, 0.15) is 0 Å². The molecule has 2 heterocycles. The first-order valence-corrected chi connectivity index (χ1v) is 6.85. The maximum atomic E-state index is 5.64. The van der Waals surface area contributed by atoms with Crippen LogP contribution in [-0.4, -0.2) is 19.7 Å². The molecule has 5 nitrogen and oxygen atoms in total. The Hall–Kier alpha value is -2.08. The number of nitrogens with zero attached hydrogens (tertiary/aromatic N) is 4. The minimum Gasteiger partial charge on any atom is -0.368 e. The van der Waals surface area contributed by atoms with E-state index in [-0.39, 0.29) is 0 Å². The number of hydrogen-bond donors (Lipinski definition) is 1. The Balaban J connectivity index is 1.80. The molecule has 0 radical (unpaired) electrons. The molecule has 1 aromatic carbocycles. The van der Waals surface area contributed by atoms with Crippen LogP contribution in [0.2, 0.25) is 0 Å². The van der Waals surface area contributed by atoms with Gasteiger partial charge in [0, 0.05) is 18.2 Å². The van der Waals surface area contributed by atoms with E-state index < -0.39 is 0 Å². The third kappa shape index (κ3) is 2.39. The highest BCUT2D eigenvalue weighted by Gasteiger charge is 2.07. The first-order chi connectivity index (χ1) is 9.24. The van der Waals surface area contributed by atoms with Crippen LogP contribution in [0.15, 0.2) is 41.6 Å². The van der Waals surface area contributed by atoms with Gasteiger partial charge in [-0.2, -0.15) is 0 Å². The van der Waals surface area contributed by atoms with Crippen molar-refractivity contribution in [3.8, 4) is 0 Å². The molecule has 3 aromatic rings. The summed E-state index contributed by atoms with van der Waals surface area (Å²) in [6.45, 7) is 0. The number of thioether (sulfide) groups is 1. The van der Waals surface area contributed by atoms with Crippen molar-refractivity contribution in [3.63, 3.8) is 0 Å². The van der Waals surface area contributed by atoms with Crippen LogP contribution in [0.3, 0.4) is 0 Å². The van der Waals surface area contributed by atoms with E-state index >= 15 is 0 Å². The van der Waals surface area contributed by atoms with Gasteiger partial charge in [0.25, 0.3) is 0 Å². The Labute approximate surface area is 114 Å². The van der Waals surface area contributed by atoms with Gasteiger partial charge in [0.2, 0.25) is 5.95 Å². The number of hydrogen-bond acceptors (Lipinski definition) is 5. The normalized spacial score (nSPS) is 11.0. The molecule has 2 aromatic heterocycles. The van der Waals surface area contributed by atoms with Gasteiger partial charge in [-0.1, -0.05) is 36.0 Å². The Morgan fingerprint density at radius 3 is 2.79 bits per heavy atom. The van der Waals surface area contributed by atoms with Crippen molar-refractivity contribution in [2.24, 2.45) is 7.05 Å². The van der Waals surface area contributed by atoms with E-state index in [1.54, 1.807) is 16.3 Å². The zero-order valence-electron chi connectivity index (χ0n) is 10.4. The van der Waals surface area contributed by atoms with E-state index in [4.69, 9.17) is 5.73 Å². The first kappa shape index (κ1) is 12.0. The molecular weight excluding hydrogens is 258 g/mol. The van der Waals surface area contributed by atoms with Gasteiger partial charge >= 0.3 is 0 Å². The lowest BCUT2D eigenvalue weighted by molar-refractivity contribution is 0.795. The van der Waals surface area contributed by atoms with Crippen molar-refractivity contribution in [2.45, 2.75) is 10.9 Å². The zero-order valence-corrected chi connectivity index (χ0v) is 11.3.